The lowest BCUT2D eigenvalue weighted by molar-refractivity contribution is 0.771. The molecule has 0 saturated heterocycles. The quantitative estimate of drug-likeness (QED) is 0.143. The fourth-order valence-electron chi connectivity index (χ4n) is 11.3. The van der Waals surface area contributed by atoms with Gasteiger partial charge in [-0.2, -0.15) is 0 Å². The first kappa shape index (κ1) is 34.8. The number of aromatic nitrogens is 1. The summed E-state index contributed by atoms with van der Waals surface area (Å²) in [5.41, 5.74) is 11.0. The van der Waals surface area contributed by atoms with Crippen LogP contribution >= 0.6 is 0 Å². The molecule has 3 nitrogen and oxygen atoms in total. The van der Waals surface area contributed by atoms with Crippen molar-refractivity contribution in [3.05, 3.63) is 307 Å². The molecule has 0 amide bonds. The maximum Gasteiger partial charge on any atom is 0.0714 e. The SMILES string of the molecule is [2H]c1c([2H])c([2H])c2c([2H])c(C3(c4ccc5c(c4)c4ccccc4n5-c4ccccc4)c4ccc(N(c5ccccc5)c5ccccc5)cc4-c4cc(N(c5ccccc5)c5ccc6ccccc6c5)ccc43)c([2H])c([2H])c2c1[2H]. The van der Waals surface area contributed by atoms with Gasteiger partial charge in [-0.15, -0.1) is 0 Å². The van der Waals surface area contributed by atoms with Crippen LogP contribution in [0.4, 0.5) is 34.1 Å². The number of benzene rings is 12. The van der Waals surface area contributed by atoms with E-state index >= 15 is 0 Å². The summed E-state index contributed by atoms with van der Waals surface area (Å²) in [6.45, 7) is 0. The lowest BCUT2D eigenvalue weighted by Gasteiger charge is -2.35. The summed E-state index contributed by atoms with van der Waals surface area (Å²) in [5.74, 6) is 0. The van der Waals surface area contributed by atoms with Gasteiger partial charge in [-0.1, -0.05) is 176 Å². The average Bonchev–Trinajstić information content (AvgIpc) is 3.71. The Morgan fingerprint density at radius 3 is 1.50 bits per heavy atom. The Balaban J connectivity index is 1.14. The van der Waals surface area contributed by atoms with Crippen LogP contribution in [0.5, 0.6) is 0 Å². The lowest BCUT2D eigenvalue weighted by Crippen LogP contribution is -2.28. The highest BCUT2D eigenvalue weighted by molar-refractivity contribution is 6.10. The minimum Gasteiger partial charge on any atom is -0.310 e. The van der Waals surface area contributed by atoms with Crippen molar-refractivity contribution in [1.82, 2.24) is 4.57 Å². The van der Waals surface area contributed by atoms with E-state index in [4.69, 9.17) is 4.11 Å². The van der Waals surface area contributed by atoms with E-state index in [-0.39, 0.29) is 34.5 Å². The summed E-state index contributed by atoms with van der Waals surface area (Å²) in [5, 5.41) is 3.91. The largest absolute Gasteiger partial charge is 0.310 e. The second-order valence-corrected chi connectivity index (χ2v) is 18.3. The molecular formula is C69H47N3. The van der Waals surface area contributed by atoms with Crippen molar-refractivity contribution in [1.29, 1.82) is 0 Å². The predicted octanol–water partition coefficient (Wildman–Crippen LogP) is 18.4. The van der Waals surface area contributed by atoms with Crippen LogP contribution in [-0.4, -0.2) is 4.57 Å². The fourth-order valence-corrected chi connectivity index (χ4v) is 11.3. The Morgan fingerprint density at radius 2 is 0.847 bits per heavy atom. The zero-order valence-corrected chi connectivity index (χ0v) is 38.9. The highest BCUT2D eigenvalue weighted by Gasteiger charge is 2.47. The number of fused-ring (bicyclic) bond motifs is 8. The molecule has 12 aromatic carbocycles. The van der Waals surface area contributed by atoms with Gasteiger partial charge in [0.15, 0.2) is 0 Å². The van der Waals surface area contributed by atoms with Crippen LogP contribution in [-0.2, 0) is 5.41 Å². The lowest BCUT2D eigenvalue weighted by atomic mass is 9.67. The van der Waals surface area contributed by atoms with Crippen LogP contribution in [0.15, 0.2) is 285 Å². The molecule has 338 valence electrons. The maximum absolute atomic E-state index is 10.5. The van der Waals surface area contributed by atoms with Gasteiger partial charge in [-0.3, -0.25) is 0 Å². The molecular weight excluding hydrogens is 871 g/mol. The van der Waals surface area contributed by atoms with Crippen molar-refractivity contribution >= 4 is 77.5 Å². The third-order valence-corrected chi connectivity index (χ3v) is 14.4. The normalized spacial score (nSPS) is 15.2. The third-order valence-electron chi connectivity index (χ3n) is 14.4. The molecule has 0 bridgehead atoms. The number of anilines is 6. The average molecular weight is 925 g/mol. The first-order chi connectivity index (χ1) is 38.6. The van der Waals surface area contributed by atoms with E-state index in [1.165, 1.54) is 0 Å². The van der Waals surface area contributed by atoms with E-state index in [2.05, 4.69) is 166 Å². The van der Waals surface area contributed by atoms with E-state index in [1.54, 1.807) is 0 Å². The second-order valence-electron chi connectivity index (χ2n) is 18.3. The van der Waals surface area contributed by atoms with E-state index in [0.29, 0.717) is 0 Å². The molecule has 1 unspecified atom stereocenters. The predicted molar refractivity (Wildman–Crippen MR) is 302 cm³/mol. The molecule has 3 heteroatoms. The Morgan fingerprint density at radius 1 is 0.333 bits per heavy atom. The molecule has 0 N–H and O–H groups in total. The van der Waals surface area contributed by atoms with Crippen LogP contribution in [0, 0.1) is 0 Å². The van der Waals surface area contributed by atoms with Crippen LogP contribution in [0.25, 0.3) is 60.2 Å². The molecule has 1 atom stereocenters. The van der Waals surface area contributed by atoms with Crippen LogP contribution in [0.3, 0.4) is 0 Å². The highest BCUT2D eigenvalue weighted by atomic mass is 15.1. The van der Waals surface area contributed by atoms with Gasteiger partial charge in [0.05, 0.1) is 26.0 Å². The molecule has 1 heterocycles. The third kappa shape index (κ3) is 6.59. The number of para-hydroxylation sites is 5. The maximum atomic E-state index is 10.5. The summed E-state index contributed by atoms with van der Waals surface area (Å²) >= 11 is 0. The number of nitrogens with zero attached hydrogens (tertiary/aromatic N) is 3. The van der Waals surface area contributed by atoms with Gasteiger partial charge in [-0.25, -0.2) is 0 Å². The molecule has 14 rings (SSSR count). The Hall–Kier alpha value is -9.44. The van der Waals surface area contributed by atoms with E-state index < -0.39 is 29.6 Å². The van der Waals surface area contributed by atoms with Crippen molar-refractivity contribution in [2.45, 2.75) is 5.41 Å². The van der Waals surface area contributed by atoms with Gasteiger partial charge < -0.3 is 14.4 Å². The van der Waals surface area contributed by atoms with Crippen LogP contribution in [0.2, 0.25) is 0 Å². The summed E-state index contributed by atoms with van der Waals surface area (Å²) < 4.78 is 69.0. The number of hydrogen-bond acceptors (Lipinski definition) is 2. The molecule has 0 aliphatic heterocycles. The number of rotatable bonds is 9. The molecule has 1 aromatic heterocycles. The van der Waals surface area contributed by atoms with Gasteiger partial charge in [0.2, 0.25) is 0 Å². The van der Waals surface area contributed by atoms with Crippen molar-refractivity contribution in [3.8, 4) is 16.8 Å². The number of hydrogen-bond donors (Lipinski definition) is 0. The molecule has 1 aliphatic rings. The topological polar surface area (TPSA) is 11.4 Å². The van der Waals surface area contributed by atoms with E-state index in [1.807, 2.05) is 91.0 Å². The van der Waals surface area contributed by atoms with Crippen molar-refractivity contribution in [2.75, 3.05) is 9.80 Å². The highest BCUT2D eigenvalue weighted by Crippen LogP contribution is 2.59. The Bertz CT molecular complexity index is 4550. The summed E-state index contributed by atoms with van der Waals surface area (Å²) in [6, 6.07) is 80.5. The van der Waals surface area contributed by atoms with E-state index in [0.717, 1.165) is 100 Å². The fraction of sp³-hybridized carbons (Fsp3) is 0.0145. The molecule has 0 spiro atoms. The first-order valence-electron chi connectivity index (χ1n) is 27.8. The van der Waals surface area contributed by atoms with Crippen molar-refractivity contribution in [3.63, 3.8) is 0 Å². The van der Waals surface area contributed by atoms with Gasteiger partial charge >= 0.3 is 0 Å². The van der Waals surface area contributed by atoms with Crippen molar-refractivity contribution < 1.29 is 9.60 Å². The second kappa shape index (κ2) is 16.9. The molecule has 1 aliphatic carbocycles. The van der Waals surface area contributed by atoms with Gasteiger partial charge in [0.1, 0.15) is 0 Å². The van der Waals surface area contributed by atoms with E-state index in [9.17, 15) is 5.48 Å². The molecule has 0 radical (unpaired) electrons. The Kier molecular flexibility index (Phi) is 8.17. The molecule has 72 heavy (non-hydrogen) atoms. The zero-order chi connectivity index (χ0) is 53.7. The van der Waals surface area contributed by atoms with Gasteiger partial charge in [-0.05, 0) is 164 Å². The standard InChI is InChI=1S/C69H47N3/c1-5-23-54(24-6-1)70(55-25-7-2-8-26-55)59-38-40-65-62(46-59)63-47-60(71(56-27-9-3-10-28-56)58-37-34-49-20-14-16-22-51(49)44-58)39-41-66(63)69(65,52-35-33-48-19-13-15-21-50(48)43-52)53-36-42-68-64(45-53)61-31-17-18-32-67(61)72(68)57-29-11-4-12-30-57/h1-47H/i13D,15D,19D,21D,33D,35D,43D. The van der Waals surface area contributed by atoms with Crippen LogP contribution < -0.4 is 9.80 Å². The minimum atomic E-state index is -1.51. The first-order valence-corrected chi connectivity index (χ1v) is 24.3. The molecule has 0 fully saturated rings. The van der Waals surface area contributed by atoms with Crippen LogP contribution in [0.1, 0.15) is 31.8 Å². The van der Waals surface area contributed by atoms with Gasteiger partial charge in [0, 0.05) is 50.6 Å². The minimum absolute atomic E-state index is 0.0998. The summed E-state index contributed by atoms with van der Waals surface area (Å²) in [6.07, 6.45) is 0. The summed E-state index contributed by atoms with van der Waals surface area (Å²) in [7, 11) is 0. The Labute approximate surface area is 429 Å². The summed E-state index contributed by atoms with van der Waals surface area (Å²) in [4.78, 5) is 4.47. The smallest absolute Gasteiger partial charge is 0.0714 e. The molecule has 13 aromatic rings. The van der Waals surface area contributed by atoms with Gasteiger partial charge in [0.25, 0.3) is 0 Å². The monoisotopic (exact) mass is 924 g/mol. The van der Waals surface area contributed by atoms with Crippen molar-refractivity contribution in [2.24, 2.45) is 0 Å². The zero-order valence-electron chi connectivity index (χ0n) is 45.9. The molecule has 0 saturated carbocycles.